The number of fused-ring (bicyclic) bond motifs is 5. The summed E-state index contributed by atoms with van der Waals surface area (Å²) in [6, 6.07) is 10.1. The zero-order chi connectivity index (χ0) is 38.1. The van der Waals surface area contributed by atoms with Gasteiger partial charge >= 0.3 is 18.0 Å². The first kappa shape index (κ1) is 38.5. The Balaban J connectivity index is 1.66. The summed E-state index contributed by atoms with van der Waals surface area (Å²) in [6.45, 7) is 8.87. The minimum atomic E-state index is -1.81. The number of methoxy groups -OCH3 is 2. The number of carboxylic acid groups (broad SMARTS) is 1. The number of amides is 2. The van der Waals surface area contributed by atoms with Crippen molar-refractivity contribution in [3.8, 4) is 16.9 Å². The Bertz CT molecular complexity index is 1790. The molecule has 0 radical (unpaired) electrons. The van der Waals surface area contributed by atoms with Crippen molar-refractivity contribution in [2.45, 2.75) is 89.6 Å². The molecule has 52 heavy (non-hydrogen) atoms. The molecule has 2 amide bonds. The number of aliphatic hydroxyl groups is 1. The maximum absolute atomic E-state index is 14.4. The predicted molar refractivity (Wildman–Crippen MR) is 191 cm³/mol. The van der Waals surface area contributed by atoms with E-state index >= 15 is 0 Å². The number of esters is 1. The maximum Gasteiger partial charge on any atom is 0.409 e. The second-order valence-electron chi connectivity index (χ2n) is 14.3. The van der Waals surface area contributed by atoms with Crippen LogP contribution >= 0.6 is 0 Å². The van der Waals surface area contributed by atoms with Crippen LogP contribution in [0.2, 0.25) is 0 Å². The largest absolute Gasteiger partial charge is 0.496 e. The van der Waals surface area contributed by atoms with Gasteiger partial charge in [0.15, 0.2) is 5.72 Å². The van der Waals surface area contributed by atoms with Gasteiger partial charge in [-0.25, -0.2) is 9.59 Å². The molecule has 3 heterocycles. The number of nitrogens with one attached hydrogen (secondary N) is 1. The average Bonchev–Trinajstić information content (AvgIpc) is 3.79. The highest BCUT2D eigenvalue weighted by atomic mass is 16.7. The number of ether oxygens (including phenoxy) is 5. The first-order valence-corrected chi connectivity index (χ1v) is 17.3. The van der Waals surface area contributed by atoms with E-state index in [4.69, 9.17) is 23.7 Å². The standard InChI is InChI=1S/C39H48N2O11/c1-21(2)36(45)51-31-19-32(42)41(6)27-16-24(17-28(48-7)33(27)25-12-10-13-26(18-25)35(43)44)15-22(3)11-9-14-30(49-8)39(47)20-29(50-37(46)40-39)23(4)34-38(31,5)52-34/h9-14,16-18,21,23,29-31,34,47H,15,19-20H2,1-8H3,(H,40,46)(H,43,44)/b14-9+,22-11+/t23-,29+,30-,31+,34+,38+,39+/m1/s1. The van der Waals surface area contributed by atoms with Crippen molar-refractivity contribution in [2.24, 2.45) is 11.8 Å². The van der Waals surface area contributed by atoms with Crippen molar-refractivity contribution in [1.29, 1.82) is 0 Å². The molecule has 3 N–H and O–H groups in total. The number of carbonyl (C=O) groups is 4. The van der Waals surface area contributed by atoms with Crippen molar-refractivity contribution in [3.63, 3.8) is 0 Å². The molecule has 280 valence electrons. The Morgan fingerprint density at radius 1 is 1.13 bits per heavy atom. The number of hydrogen-bond donors (Lipinski definition) is 3. The van der Waals surface area contributed by atoms with E-state index in [1.54, 1.807) is 52.1 Å². The van der Waals surface area contributed by atoms with Gasteiger partial charge in [-0.2, -0.15) is 0 Å². The van der Waals surface area contributed by atoms with Gasteiger partial charge in [0, 0.05) is 32.1 Å². The molecule has 2 aromatic carbocycles. The van der Waals surface area contributed by atoms with Gasteiger partial charge in [0.1, 0.15) is 29.7 Å². The minimum Gasteiger partial charge on any atom is -0.496 e. The minimum absolute atomic E-state index is 0.0308. The summed E-state index contributed by atoms with van der Waals surface area (Å²) >= 11 is 0. The third kappa shape index (κ3) is 7.86. The van der Waals surface area contributed by atoms with E-state index in [2.05, 4.69) is 5.32 Å². The molecule has 2 aromatic rings. The molecule has 0 saturated carbocycles. The van der Waals surface area contributed by atoms with Crippen LogP contribution in [0.4, 0.5) is 10.5 Å². The Hall–Kier alpha value is -4.72. The Labute approximate surface area is 303 Å². The molecule has 3 aliphatic rings. The van der Waals surface area contributed by atoms with Gasteiger partial charge in [-0.15, -0.1) is 0 Å². The first-order valence-electron chi connectivity index (χ1n) is 17.3. The first-order chi connectivity index (χ1) is 24.5. The number of aromatic carboxylic acids is 1. The molecule has 4 bridgehead atoms. The summed E-state index contributed by atoms with van der Waals surface area (Å²) in [5, 5.41) is 24.0. The number of carboxylic acids is 1. The van der Waals surface area contributed by atoms with Crippen LogP contribution in [0.3, 0.4) is 0 Å². The number of benzene rings is 2. The smallest absolute Gasteiger partial charge is 0.409 e. The third-order valence-electron chi connectivity index (χ3n) is 10.1. The lowest BCUT2D eigenvalue weighted by Gasteiger charge is -2.42. The topological polar surface area (TPSA) is 173 Å². The molecule has 2 saturated heterocycles. The second-order valence-corrected chi connectivity index (χ2v) is 14.3. The molecule has 0 aromatic heterocycles. The SMILES string of the molecule is COc1cc2cc(c1-c1cccc(C(=O)O)c1)N(C)C(=O)C[C@H](OC(=O)C(C)C)[C@]1(C)O[C@H]1[C@H](C)[C@@H]1C[C@@](O)(NC(=O)O1)[C@H](OC)/C=C/C=C(\C)C2. The molecule has 0 unspecified atom stereocenters. The maximum atomic E-state index is 14.4. The lowest BCUT2D eigenvalue weighted by Crippen LogP contribution is -2.63. The highest BCUT2D eigenvalue weighted by Crippen LogP contribution is 2.49. The fourth-order valence-corrected chi connectivity index (χ4v) is 7.03. The number of anilines is 1. The van der Waals surface area contributed by atoms with Crippen LogP contribution in [0.5, 0.6) is 5.75 Å². The van der Waals surface area contributed by atoms with Crippen molar-refractivity contribution in [3.05, 3.63) is 71.3 Å². The van der Waals surface area contributed by atoms with Crippen LogP contribution in [0, 0.1) is 11.8 Å². The van der Waals surface area contributed by atoms with E-state index in [9.17, 15) is 29.4 Å². The van der Waals surface area contributed by atoms with Gasteiger partial charge in [-0.1, -0.05) is 56.7 Å². The molecule has 0 aliphatic carbocycles. The number of allylic oxidation sites excluding steroid dienone is 3. The highest BCUT2D eigenvalue weighted by molar-refractivity contribution is 6.00. The van der Waals surface area contributed by atoms with Crippen molar-refractivity contribution in [1.82, 2.24) is 5.32 Å². The Kier molecular flexibility index (Phi) is 11.2. The van der Waals surface area contributed by atoms with Crippen LogP contribution in [0.1, 0.15) is 63.4 Å². The number of hydrogen-bond acceptors (Lipinski definition) is 10. The van der Waals surface area contributed by atoms with E-state index < -0.39 is 71.5 Å². The molecular weight excluding hydrogens is 672 g/mol. The zero-order valence-electron chi connectivity index (χ0n) is 30.8. The van der Waals surface area contributed by atoms with E-state index in [0.717, 1.165) is 11.1 Å². The molecule has 13 nitrogen and oxygen atoms in total. The third-order valence-corrected chi connectivity index (χ3v) is 10.1. The van der Waals surface area contributed by atoms with E-state index in [1.807, 2.05) is 32.1 Å². The monoisotopic (exact) mass is 720 g/mol. The lowest BCUT2D eigenvalue weighted by molar-refractivity contribution is -0.157. The molecule has 2 fully saturated rings. The number of carbonyl (C=O) groups excluding carboxylic acids is 3. The fourth-order valence-electron chi connectivity index (χ4n) is 7.03. The summed E-state index contributed by atoms with van der Waals surface area (Å²) < 4.78 is 29.4. The predicted octanol–water partition coefficient (Wildman–Crippen LogP) is 5.04. The summed E-state index contributed by atoms with van der Waals surface area (Å²) in [7, 11) is 4.55. The quantitative estimate of drug-likeness (QED) is 0.270. The fraction of sp³-hybridized carbons (Fsp3) is 0.487. The summed E-state index contributed by atoms with van der Waals surface area (Å²) in [4.78, 5) is 53.6. The molecule has 5 rings (SSSR count). The number of nitrogens with zero attached hydrogens (tertiary/aromatic N) is 1. The number of alkyl carbamates (subject to hydrolysis) is 1. The van der Waals surface area contributed by atoms with Crippen LogP contribution in [0.15, 0.2) is 60.2 Å². The molecular formula is C39H48N2O11. The van der Waals surface area contributed by atoms with Gasteiger partial charge in [0.2, 0.25) is 5.91 Å². The summed E-state index contributed by atoms with van der Waals surface area (Å²) in [5.41, 5.74) is 0.303. The van der Waals surface area contributed by atoms with E-state index in [-0.39, 0.29) is 18.4 Å². The molecule has 0 spiro atoms. The highest BCUT2D eigenvalue weighted by Gasteiger charge is 2.64. The average molecular weight is 721 g/mol. The van der Waals surface area contributed by atoms with Crippen molar-refractivity contribution >= 4 is 29.6 Å². The normalized spacial score (nSPS) is 31.0. The van der Waals surface area contributed by atoms with E-state index in [0.29, 0.717) is 29.0 Å². The van der Waals surface area contributed by atoms with Crippen LogP contribution < -0.4 is 15.0 Å². The van der Waals surface area contributed by atoms with Gasteiger partial charge in [0.05, 0.1) is 36.8 Å². The zero-order valence-corrected chi connectivity index (χ0v) is 30.8. The van der Waals surface area contributed by atoms with Gasteiger partial charge in [-0.05, 0) is 55.7 Å². The van der Waals surface area contributed by atoms with Crippen LogP contribution in [0.25, 0.3) is 11.1 Å². The van der Waals surface area contributed by atoms with Crippen LogP contribution in [-0.2, 0) is 35.0 Å². The number of rotatable bonds is 6. The Morgan fingerprint density at radius 2 is 1.87 bits per heavy atom. The van der Waals surface area contributed by atoms with Crippen molar-refractivity contribution in [2.75, 3.05) is 26.2 Å². The number of epoxide rings is 1. The molecule has 3 aliphatic heterocycles. The van der Waals surface area contributed by atoms with E-state index in [1.165, 1.54) is 31.3 Å². The van der Waals surface area contributed by atoms with Gasteiger partial charge < -0.3 is 38.8 Å². The second kappa shape index (κ2) is 15.1. The van der Waals surface area contributed by atoms with Gasteiger partial charge in [-0.3, -0.25) is 14.9 Å². The van der Waals surface area contributed by atoms with Gasteiger partial charge in [0.25, 0.3) is 0 Å². The summed E-state index contributed by atoms with van der Waals surface area (Å²) in [5.74, 6) is -2.59. The van der Waals surface area contributed by atoms with Crippen LogP contribution in [-0.4, -0.2) is 91.2 Å². The molecule has 13 heteroatoms. The van der Waals surface area contributed by atoms with Crippen molar-refractivity contribution < 1.29 is 53.1 Å². The lowest BCUT2D eigenvalue weighted by atomic mass is 9.83. The summed E-state index contributed by atoms with van der Waals surface area (Å²) in [6.07, 6.45) is 1.16. The molecule has 7 atom stereocenters. The Morgan fingerprint density at radius 3 is 2.52 bits per heavy atom.